The summed E-state index contributed by atoms with van der Waals surface area (Å²) in [6.45, 7) is 5.85. The highest BCUT2D eigenvalue weighted by Gasteiger charge is 2.21. The van der Waals surface area contributed by atoms with Crippen LogP contribution in [-0.2, 0) is 4.79 Å². The molecule has 0 aliphatic carbocycles. The number of hydrogen-bond donors (Lipinski definition) is 1. The van der Waals surface area contributed by atoms with Crippen LogP contribution in [0.3, 0.4) is 0 Å². The molecule has 1 aromatic carbocycles. The lowest BCUT2D eigenvalue weighted by atomic mass is 10.1. The average molecular weight is 427 g/mol. The Morgan fingerprint density at radius 2 is 1.90 bits per heavy atom. The van der Waals surface area contributed by atoms with E-state index in [0.29, 0.717) is 23.8 Å². The second-order valence-electron chi connectivity index (χ2n) is 7.47. The smallest absolute Gasteiger partial charge is 0.232 e. The van der Waals surface area contributed by atoms with E-state index in [1.54, 1.807) is 13.0 Å². The molecule has 0 atom stereocenters. The van der Waals surface area contributed by atoms with Gasteiger partial charge in [0.05, 0.1) is 5.69 Å². The molecular weight excluding hydrogens is 400 g/mol. The van der Waals surface area contributed by atoms with Crippen molar-refractivity contribution in [2.45, 2.75) is 44.7 Å². The summed E-state index contributed by atoms with van der Waals surface area (Å²) in [5.41, 5.74) is 2.25. The van der Waals surface area contributed by atoms with Crippen molar-refractivity contribution in [2.75, 3.05) is 29.1 Å². The van der Waals surface area contributed by atoms with E-state index in [1.807, 2.05) is 0 Å². The third-order valence-electron chi connectivity index (χ3n) is 5.00. The third-order valence-corrected chi connectivity index (χ3v) is 5.93. The van der Waals surface area contributed by atoms with Gasteiger partial charge in [-0.15, -0.1) is 10.2 Å². The second kappa shape index (κ2) is 9.34. The average Bonchev–Trinajstić information content (AvgIpc) is 3.35. The van der Waals surface area contributed by atoms with Crippen LogP contribution in [0, 0.1) is 13.8 Å². The zero-order valence-electron chi connectivity index (χ0n) is 17.3. The second-order valence-corrected chi connectivity index (χ2v) is 8.53. The van der Waals surface area contributed by atoms with Gasteiger partial charge in [0.15, 0.2) is 11.0 Å². The largest absolute Gasteiger partial charge is 0.360 e. The number of anilines is 2. The van der Waals surface area contributed by atoms with Gasteiger partial charge >= 0.3 is 0 Å². The first kappa shape index (κ1) is 20.5. The molecule has 1 N–H and O–H groups in total. The molecule has 0 spiro atoms. The highest BCUT2D eigenvalue weighted by atomic mass is 32.2. The lowest BCUT2D eigenvalue weighted by molar-refractivity contribution is -0.115. The molecule has 158 valence electrons. The van der Waals surface area contributed by atoms with E-state index < -0.39 is 0 Å². The van der Waals surface area contributed by atoms with Gasteiger partial charge in [0.25, 0.3) is 0 Å². The normalized spacial score (nSPS) is 14.1. The predicted octanol–water partition coefficient (Wildman–Crippen LogP) is 3.98. The maximum Gasteiger partial charge on any atom is 0.232 e. The van der Waals surface area contributed by atoms with Gasteiger partial charge < -0.3 is 14.7 Å². The van der Waals surface area contributed by atoms with Crippen LogP contribution < -0.4 is 10.2 Å². The highest BCUT2D eigenvalue weighted by Crippen LogP contribution is 2.29. The van der Waals surface area contributed by atoms with Crippen LogP contribution in [0.5, 0.6) is 0 Å². The number of carbonyl (C=O) groups is 1. The summed E-state index contributed by atoms with van der Waals surface area (Å²) >= 11 is 1.53. The minimum absolute atomic E-state index is 0.103. The maximum absolute atomic E-state index is 12.2. The molecule has 30 heavy (non-hydrogen) atoms. The minimum Gasteiger partial charge on any atom is -0.360 e. The molecule has 3 heterocycles. The number of amides is 1. The van der Waals surface area contributed by atoms with E-state index in [2.05, 4.69) is 61.3 Å². The Bertz CT molecular complexity index is 991. The van der Waals surface area contributed by atoms with Gasteiger partial charge in [-0.05, 0) is 45.2 Å². The summed E-state index contributed by atoms with van der Waals surface area (Å²) in [7, 11) is 0. The number of rotatable bonds is 7. The van der Waals surface area contributed by atoms with Gasteiger partial charge in [-0.25, -0.2) is 0 Å². The molecule has 4 rings (SSSR count). The van der Waals surface area contributed by atoms with E-state index >= 15 is 0 Å². The fourth-order valence-corrected chi connectivity index (χ4v) is 4.32. The highest BCUT2D eigenvalue weighted by molar-refractivity contribution is 7.99. The predicted molar refractivity (Wildman–Crippen MR) is 117 cm³/mol. The Balaban J connectivity index is 1.47. The summed E-state index contributed by atoms with van der Waals surface area (Å²) in [6, 6.07) is 10.1. The van der Waals surface area contributed by atoms with Crippen LogP contribution in [0.15, 0.2) is 40.0 Å². The molecule has 1 amide bonds. The zero-order valence-corrected chi connectivity index (χ0v) is 18.1. The van der Waals surface area contributed by atoms with Crippen molar-refractivity contribution in [3.05, 3.63) is 41.7 Å². The number of aryl methyl sites for hydroxylation is 2. The standard InChI is InChI=1S/C21H26N6O2S/c1-15-6-8-17(9-7-15)27-20(26-11-4-3-5-12-26)23-24-21(27)30-13-10-19(28)22-18-14-16(2)29-25-18/h6-9,14H,3-5,10-13H2,1-2H3,(H,22,25,28). The van der Waals surface area contributed by atoms with Gasteiger partial charge in [-0.2, -0.15) is 0 Å². The Kier molecular flexibility index (Phi) is 6.37. The van der Waals surface area contributed by atoms with Crippen LogP contribution in [0.2, 0.25) is 0 Å². The van der Waals surface area contributed by atoms with Crippen molar-refractivity contribution in [3.63, 3.8) is 0 Å². The van der Waals surface area contributed by atoms with Crippen molar-refractivity contribution in [2.24, 2.45) is 0 Å². The van der Waals surface area contributed by atoms with E-state index in [4.69, 9.17) is 4.52 Å². The van der Waals surface area contributed by atoms with Crippen molar-refractivity contribution < 1.29 is 9.32 Å². The van der Waals surface area contributed by atoms with Crippen molar-refractivity contribution in [1.29, 1.82) is 0 Å². The first-order chi connectivity index (χ1) is 14.6. The Hall–Kier alpha value is -2.81. The first-order valence-corrected chi connectivity index (χ1v) is 11.2. The number of benzene rings is 1. The number of carbonyl (C=O) groups excluding carboxylic acids is 1. The number of aromatic nitrogens is 4. The zero-order chi connectivity index (χ0) is 20.9. The molecule has 9 heteroatoms. The van der Waals surface area contributed by atoms with Crippen LogP contribution in [-0.4, -0.2) is 44.7 Å². The Labute approximate surface area is 180 Å². The number of nitrogens with one attached hydrogen (secondary N) is 1. The van der Waals surface area contributed by atoms with Crippen LogP contribution >= 0.6 is 11.8 Å². The van der Waals surface area contributed by atoms with Gasteiger partial charge in [0.2, 0.25) is 11.9 Å². The molecule has 2 aromatic heterocycles. The van der Waals surface area contributed by atoms with Gasteiger partial charge in [-0.3, -0.25) is 9.36 Å². The summed E-state index contributed by atoms with van der Waals surface area (Å²) < 4.78 is 7.08. The maximum atomic E-state index is 12.2. The fourth-order valence-electron chi connectivity index (χ4n) is 3.44. The molecule has 0 radical (unpaired) electrons. The molecule has 0 saturated carbocycles. The molecule has 1 fully saturated rings. The number of piperidine rings is 1. The molecule has 1 aliphatic heterocycles. The lowest BCUT2D eigenvalue weighted by Crippen LogP contribution is -2.31. The molecule has 0 bridgehead atoms. The van der Waals surface area contributed by atoms with Crippen molar-refractivity contribution >= 4 is 29.4 Å². The molecule has 8 nitrogen and oxygen atoms in total. The van der Waals surface area contributed by atoms with E-state index in [9.17, 15) is 4.79 Å². The SMILES string of the molecule is Cc1ccc(-n2c(SCCC(=O)Nc3cc(C)on3)nnc2N2CCCCC2)cc1. The fraction of sp³-hybridized carbons (Fsp3) is 0.429. The first-order valence-electron chi connectivity index (χ1n) is 10.2. The lowest BCUT2D eigenvalue weighted by Gasteiger charge is -2.27. The summed E-state index contributed by atoms with van der Waals surface area (Å²) in [4.78, 5) is 14.5. The van der Waals surface area contributed by atoms with Crippen LogP contribution in [0.25, 0.3) is 5.69 Å². The van der Waals surface area contributed by atoms with Gasteiger partial charge in [0.1, 0.15) is 5.76 Å². The topological polar surface area (TPSA) is 89.1 Å². The molecule has 1 saturated heterocycles. The minimum atomic E-state index is -0.103. The number of hydrogen-bond acceptors (Lipinski definition) is 7. The Morgan fingerprint density at radius 3 is 2.60 bits per heavy atom. The Morgan fingerprint density at radius 1 is 1.13 bits per heavy atom. The third kappa shape index (κ3) is 4.84. The summed E-state index contributed by atoms with van der Waals surface area (Å²) in [6.07, 6.45) is 3.95. The number of nitrogens with zero attached hydrogens (tertiary/aromatic N) is 5. The van der Waals surface area contributed by atoms with Gasteiger partial charge in [-0.1, -0.05) is 34.6 Å². The molecule has 0 unspecified atom stereocenters. The van der Waals surface area contributed by atoms with Crippen molar-refractivity contribution in [3.8, 4) is 5.69 Å². The van der Waals surface area contributed by atoms with E-state index in [-0.39, 0.29) is 5.91 Å². The molecule has 1 aliphatic rings. The molecular formula is C21H26N6O2S. The monoisotopic (exact) mass is 426 g/mol. The summed E-state index contributed by atoms with van der Waals surface area (Å²) in [5.74, 6) is 2.47. The van der Waals surface area contributed by atoms with E-state index in [0.717, 1.165) is 29.9 Å². The summed E-state index contributed by atoms with van der Waals surface area (Å²) in [5, 5.41) is 16.3. The van der Waals surface area contributed by atoms with Crippen molar-refractivity contribution in [1.82, 2.24) is 19.9 Å². The molecule has 3 aromatic rings. The van der Waals surface area contributed by atoms with Gasteiger partial charge in [0, 0.05) is 31.3 Å². The van der Waals surface area contributed by atoms with Crippen LogP contribution in [0.4, 0.5) is 11.8 Å². The van der Waals surface area contributed by atoms with E-state index in [1.165, 1.54) is 36.6 Å². The quantitative estimate of drug-likeness (QED) is 0.572. The number of thioether (sulfide) groups is 1. The van der Waals surface area contributed by atoms with Crippen LogP contribution in [0.1, 0.15) is 37.0 Å².